The van der Waals surface area contributed by atoms with Crippen LogP contribution in [0, 0.1) is 5.41 Å². The maximum atomic E-state index is 6.00. The van der Waals surface area contributed by atoms with Gasteiger partial charge >= 0.3 is 0 Å². The van der Waals surface area contributed by atoms with Crippen molar-refractivity contribution < 1.29 is 0 Å². The van der Waals surface area contributed by atoms with Gasteiger partial charge in [-0.05, 0) is 24.3 Å². The summed E-state index contributed by atoms with van der Waals surface area (Å²) < 4.78 is 2.06. The van der Waals surface area contributed by atoms with Crippen molar-refractivity contribution in [2.24, 2.45) is 11.1 Å². The Labute approximate surface area is 84.6 Å². The van der Waals surface area contributed by atoms with Crippen LogP contribution in [0.25, 0.3) is 5.70 Å². The molecule has 0 aromatic carbocycles. The summed E-state index contributed by atoms with van der Waals surface area (Å²) in [6, 6.07) is 0.177. The summed E-state index contributed by atoms with van der Waals surface area (Å²) in [5, 5.41) is 0. The Balaban J connectivity index is 2.28. The molecule has 2 rings (SSSR count). The number of nitrogens with two attached hydrogens (primary N) is 1. The molecule has 3 nitrogen and oxygen atoms in total. The van der Waals surface area contributed by atoms with Gasteiger partial charge in [-0.2, -0.15) is 0 Å². The van der Waals surface area contributed by atoms with Gasteiger partial charge in [-0.3, -0.25) is 0 Å². The number of nitrogens with zero attached hydrogens (tertiary/aromatic N) is 2. The average molecular weight is 191 g/mol. The molecule has 0 saturated carbocycles. The second kappa shape index (κ2) is 3.24. The zero-order valence-corrected chi connectivity index (χ0v) is 8.77. The van der Waals surface area contributed by atoms with E-state index in [1.54, 1.807) is 6.20 Å². The van der Waals surface area contributed by atoms with E-state index in [1.165, 1.54) is 5.70 Å². The molecule has 76 valence electrons. The predicted molar refractivity (Wildman–Crippen MR) is 57.5 cm³/mol. The van der Waals surface area contributed by atoms with Crippen LogP contribution in [0.3, 0.4) is 0 Å². The van der Waals surface area contributed by atoms with E-state index < -0.39 is 0 Å². The van der Waals surface area contributed by atoms with Crippen LogP contribution in [0.1, 0.15) is 26.7 Å². The third kappa shape index (κ3) is 1.87. The number of aromatic nitrogens is 2. The van der Waals surface area contributed by atoms with Gasteiger partial charge in [-0.25, -0.2) is 4.98 Å². The van der Waals surface area contributed by atoms with Gasteiger partial charge in [0.05, 0.1) is 6.33 Å². The molecule has 0 amide bonds. The maximum Gasteiger partial charge on any atom is 0.0989 e. The van der Waals surface area contributed by atoms with Gasteiger partial charge < -0.3 is 10.3 Å². The zero-order valence-electron chi connectivity index (χ0n) is 8.77. The van der Waals surface area contributed by atoms with E-state index in [2.05, 4.69) is 29.5 Å². The van der Waals surface area contributed by atoms with Gasteiger partial charge in [0.15, 0.2) is 0 Å². The first-order chi connectivity index (χ1) is 6.57. The van der Waals surface area contributed by atoms with Gasteiger partial charge in [0.25, 0.3) is 0 Å². The first-order valence-electron chi connectivity index (χ1n) is 5.01. The lowest BCUT2D eigenvalue weighted by Crippen LogP contribution is -2.31. The van der Waals surface area contributed by atoms with Crippen LogP contribution in [-0.2, 0) is 0 Å². The first-order valence-corrected chi connectivity index (χ1v) is 5.01. The molecule has 0 aliphatic heterocycles. The Kier molecular flexibility index (Phi) is 2.19. The first kappa shape index (κ1) is 9.46. The molecule has 0 fully saturated rings. The highest BCUT2D eigenvalue weighted by atomic mass is 15.0. The number of hydrogen-bond donors (Lipinski definition) is 1. The third-order valence-electron chi connectivity index (χ3n) is 2.69. The lowest BCUT2D eigenvalue weighted by atomic mass is 9.77. The second-order valence-electron chi connectivity index (χ2n) is 4.84. The van der Waals surface area contributed by atoms with Crippen molar-refractivity contribution in [2.75, 3.05) is 0 Å². The van der Waals surface area contributed by atoms with E-state index in [9.17, 15) is 0 Å². The van der Waals surface area contributed by atoms with E-state index in [4.69, 9.17) is 5.73 Å². The molecule has 0 spiro atoms. The van der Waals surface area contributed by atoms with E-state index in [0.717, 1.165) is 12.8 Å². The molecule has 1 aromatic rings. The van der Waals surface area contributed by atoms with Crippen molar-refractivity contribution in [3.8, 4) is 0 Å². The maximum absolute atomic E-state index is 6.00. The van der Waals surface area contributed by atoms with Crippen LogP contribution in [0.15, 0.2) is 24.8 Å². The Morgan fingerprint density at radius 3 is 2.93 bits per heavy atom. The van der Waals surface area contributed by atoms with Crippen LogP contribution >= 0.6 is 0 Å². The Bertz CT molecular complexity index is 335. The Morgan fingerprint density at radius 1 is 1.57 bits per heavy atom. The molecule has 14 heavy (non-hydrogen) atoms. The van der Waals surface area contributed by atoms with Crippen molar-refractivity contribution in [3.63, 3.8) is 0 Å². The molecule has 0 radical (unpaired) electrons. The fraction of sp³-hybridized carbons (Fsp3) is 0.545. The molecular weight excluding hydrogens is 174 g/mol. The molecule has 1 aliphatic carbocycles. The fourth-order valence-corrected chi connectivity index (χ4v) is 2.17. The van der Waals surface area contributed by atoms with Crippen LogP contribution in [0.4, 0.5) is 0 Å². The number of allylic oxidation sites excluding steroid dienone is 1. The summed E-state index contributed by atoms with van der Waals surface area (Å²) in [5.41, 5.74) is 7.57. The van der Waals surface area contributed by atoms with E-state index in [1.807, 2.05) is 12.5 Å². The fourth-order valence-electron chi connectivity index (χ4n) is 2.17. The van der Waals surface area contributed by atoms with Gasteiger partial charge in [-0.1, -0.05) is 13.8 Å². The zero-order chi connectivity index (χ0) is 10.2. The summed E-state index contributed by atoms with van der Waals surface area (Å²) in [4.78, 5) is 4.05. The molecule has 1 aliphatic rings. The van der Waals surface area contributed by atoms with E-state index in [-0.39, 0.29) is 6.04 Å². The molecule has 1 atom stereocenters. The normalized spacial score (nSPS) is 25.9. The van der Waals surface area contributed by atoms with Gasteiger partial charge in [-0.15, -0.1) is 0 Å². The molecule has 0 saturated heterocycles. The van der Waals surface area contributed by atoms with Gasteiger partial charge in [0, 0.05) is 24.1 Å². The number of rotatable bonds is 1. The topological polar surface area (TPSA) is 43.8 Å². The van der Waals surface area contributed by atoms with Crippen molar-refractivity contribution in [1.29, 1.82) is 0 Å². The van der Waals surface area contributed by atoms with Gasteiger partial charge in [0.2, 0.25) is 0 Å². The smallest absolute Gasteiger partial charge is 0.0989 e. The molecular formula is C11H17N3. The van der Waals surface area contributed by atoms with E-state index in [0.29, 0.717) is 5.41 Å². The van der Waals surface area contributed by atoms with Crippen molar-refractivity contribution in [1.82, 2.24) is 9.55 Å². The summed E-state index contributed by atoms with van der Waals surface area (Å²) in [6.45, 7) is 4.52. The molecule has 1 heterocycles. The Hall–Kier alpha value is -1.09. The highest BCUT2D eigenvalue weighted by Crippen LogP contribution is 2.36. The van der Waals surface area contributed by atoms with E-state index >= 15 is 0 Å². The molecule has 0 bridgehead atoms. The van der Waals surface area contributed by atoms with Gasteiger partial charge in [0.1, 0.15) is 0 Å². The number of hydrogen-bond acceptors (Lipinski definition) is 2. The average Bonchev–Trinajstić information content (AvgIpc) is 2.51. The van der Waals surface area contributed by atoms with Crippen LogP contribution < -0.4 is 5.73 Å². The van der Waals surface area contributed by atoms with Crippen LogP contribution in [0.5, 0.6) is 0 Å². The SMILES string of the molecule is CC1(C)CC(n2ccnc2)=CC(N)C1. The minimum absolute atomic E-state index is 0.177. The predicted octanol–water partition coefficient (Wildman–Crippen LogP) is 1.87. The molecule has 1 aromatic heterocycles. The lowest BCUT2D eigenvalue weighted by molar-refractivity contribution is 0.313. The largest absolute Gasteiger partial charge is 0.324 e. The second-order valence-corrected chi connectivity index (χ2v) is 4.84. The minimum Gasteiger partial charge on any atom is -0.324 e. The monoisotopic (exact) mass is 191 g/mol. The van der Waals surface area contributed by atoms with Crippen LogP contribution in [-0.4, -0.2) is 15.6 Å². The Morgan fingerprint density at radius 2 is 2.36 bits per heavy atom. The molecule has 3 heteroatoms. The summed E-state index contributed by atoms with van der Waals surface area (Å²) in [5.74, 6) is 0. The highest BCUT2D eigenvalue weighted by molar-refractivity contribution is 5.48. The van der Waals surface area contributed by atoms with Crippen molar-refractivity contribution in [2.45, 2.75) is 32.7 Å². The lowest BCUT2D eigenvalue weighted by Gasteiger charge is -2.33. The summed E-state index contributed by atoms with van der Waals surface area (Å²) in [6.07, 6.45) is 9.88. The number of imidazole rings is 1. The molecule has 2 N–H and O–H groups in total. The van der Waals surface area contributed by atoms with Crippen molar-refractivity contribution in [3.05, 3.63) is 24.8 Å². The third-order valence-corrected chi connectivity index (χ3v) is 2.69. The molecule has 1 unspecified atom stereocenters. The minimum atomic E-state index is 0.177. The standard InChI is InChI=1S/C11H17N3/c1-11(2)6-9(12)5-10(7-11)14-4-3-13-8-14/h3-5,8-9H,6-7,12H2,1-2H3. The summed E-state index contributed by atoms with van der Waals surface area (Å²) >= 11 is 0. The quantitative estimate of drug-likeness (QED) is 0.736. The van der Waals surface area contributed by atoms with Crippen LogP contribution in [0.2, 0.25) is 0 Å². The highest BCUT2D eigenvalue weighted by Gasteiger charge is 2.27. The summed E-state index contributed by atoms with van der Waals surface area (Å²) in [7, 11) is 0. The van der Waals surface area contributed by atoms with Crippen molar-refractivity contribution >= 4 is 5.70 Å².